The lowest BCUT2D eigenvalue weighted by Crippen LogP contribution is -2.36. The Morgan fingerprint density at radius 1 is 0.550 bits per heavy atom. The number of hydrogen-bond donors (Lipinski definition) is 3. The van der Waals surface area contributed by atoms with Crippen molar-refractivity contribution in [2.24, 2.45) is 0 Å². The van der Waals surface area contributed by atoms with Crippen LogP contribution >= 0.6 is 0 Å². The average Bonchev–Trinajstić information content (AvgIpc) is 2.84. The van der Waals surface area contributed by atoms with Crippen molar-refractivity contribution in [3.8, 4) is 0 Å². The molecule has 7 N–H and O–H groups in total. The van der Waals surface area contributed by atoms with Gasteiger partial charge in [-0.1, -0.05) is 117 Å². The van der Waals surface area contributed by atoms with Crippen LogP contribution in [-0.4, -0.2) is 42.1 Å². The third-order valence-electron chi connectivity index (χ3n) is 6.39. The summed E-state index contributed by atoms with van der Waals surface area (Å²) in [7, 11) is -5.06. The Hall–Kier alpha value is -1.89. The van der Waals surface area contributed by atoms with E-state index in [4.69, 9.17) is 0 Å². The first-order valence-corrected chi connectivity index (χ1v) is 16.1. The third kappa shape index (κ3) is 25.1. The lowest BCUT2D eigenvalue weighted by atomic mass is 10.1. The van der Waals surface area contributed by atoms with Gasteiger partial charge in [0.1, 0.15) is 0 Å². The van der Waals surface area contributed by atoms with E-state index in [0.29, 0.717) is 12.8 Å². The summed E-state index contributed by atoms with van der Waals surface area (Å²) < 4.78 is 41.7. The molecule has 0 aromatic rings. The standard InChI is InChI=1S/C28H50O9S.2H3N/c1-3-5-7-9-11-13-15-17-19-21-25(29)36-27(31)23-24(38(33,34)35)28(32)37-26(30)22-20-18-16-14-12-10-8-6-4-2;;/h24H,3-23H2,1-2H3,(H,33,34,35);2*1H3. The predicted octanol–water partition coefficient (Wildman–Crippen LogP) is 6.94. The first-order chi connectivity index (χ1) is 18.1. The van der Waals surface area contributed by atoms with Crippen LogP contribution in [0, 0.1) is 0 Å². The zero-order chi connectivity index (χ0) is 28.7. The van der Waals surface area contributed by atoms with E-state index in [1.807, 2.05) is 0 Å². The van der Waals surface area contributed by atoms with Crippen molar-refractivity contribution in [2.45, 2.75) is 154 Å². The molecule has 1 unspecified atom stereocenters. The van der Waals surface area contributed by atoms with E-state index >= 15 is 0 Å². The summed E-state index contributed by atoms with van der Waals surface area (Å²) in [6.45, 7) is 4.33. The number of unbranched alkanes of at least 4 members (excludes halogenated alkanes) is 16. The van der Waals surface area contributed by atoms with Crippen molar-refractivity contribution in [2.75, 3.05) is 0 Å². The number of ether oxygens (including phenoxy) is 2. The molecule has 0 aliphatic rings. The van der Waals surface area contributed by atoms with Crippen molar-refractivity contribution in [1.82, 2.24) is 12.3 Å². The van der Waals surface area contributed by atoms with Gasteiger partial charge in [-0.25, -0.2) is 0 Å². The molecule has 1 atom stereocenters. The minimum absolute atomic E-state index is 0. The number of carbonyl (C=O) groups is 4. The molecule has 0 fully saturated rings. The Morgan fingerprint density at radius 2 is 0.875 bits per heavy atom. The van der Waals surface area contributed by atoms with Crippen molar-refractivity contribution < 1.29 is 41.6 Å². The quantitative estimate of drug-likeness (QED) is 0.0449. The van der Waals surface area contributed by atoms with E-state index in [1.165, 1.54) is 51.4 Å². The predicted molar refractivity (Wildman–Crippen MR) is 156 cm³/mol. The van der Waals surface area contributed by atoms with Gasteiger partial charge < -0.3 is 21.8 Å². The molecule has 0 saturated heterocycles. The first kappa shape index (κ1) is 42.6. The van der Waals surface area contributed by atoms with Gasteiger partial charge in [0.25, 0.3) is 10.1 Å². The second kappa shape index (κ2) is 27.3. The molecule has 0 aromatic heterocycles. The molecule has 0 spiro atoms. The van der Waals surface area contributed by atoms with E-state index in [0.717, 1.165) is 51.4 Å². The van der Waals surface area contributed by atoms with Gasteiger partial charge >= 0.3 is 23.9 Å². The molecule has 0 saturated carbocycles. The molecule has 11 nitrogen and oxygen atoms in total. The van der Waals surface area contributed by atoms with Gasteiger partial charge in [-0.3, -0.25) is 23.7 Å². The minimum Gasteiger partial charge on any atom is -0.393 e. The van der Waals surface area contributed by atoms with Gasteiger partial charge in [-0.2, -0.15) is 8.42 Å². The lowest BCUT2D eigenvalue weighted by molar-refractivity contribution is -0.165. The highest BCUT2D eigenvalue weighted by atomic mass is 32.2. The maximum absolute atomic E-state index is 12.2. The Bertz CT molecular complexity index is 789. The number of esters is 4. The first-order valence-electron chi connectivity index (χ1n) is 14.6. The van der Waals surface area contributed by atoms with Crippen LogP contribution < -0.4 is 12.3 Å². The van der Waals surface area contributed by atoms with Crippen LogP contribution in [0.3, 0.4) is 0 Å². The largest absolute Gasteiger partial charge is 0.393 e. The average molecular weight is 597 g/mol. The Balaban J connectivity index is -0.00000684. The summed E-state index contributed by atoms with van der Waals surface area (Å²) >= 11 is 0. The maximum atomic E-state index is 12.2. The molecule has 0 heterocycles. The number of hydrogen-bond acceptors (Lipinski definition) is 10. The Labute approximate surface area is 241 Å². The van der Waals surface area contributed by atoms with Crippen LogP contribution in [0.2, 0.25) is 0 Å². The maximum Gasteiger partial charge on any atom is 0.335 e. The number of rotatable bonds is 24. The summed E-state index contributed by atoms with van der Waals surface area (Å²) in [6.07, 6.45) is 17.4. The fourth-order valence-electron chi connectivity index (χ4n) is 4.07. The summed E-state index contributed by atoms with van der Waals surface area (Å²) in [5.74, 6) is -4.60. The topological polar surface area (TPSA) is 211 Å². The summed E-state index contributed by atoms with van der Waals surface area (Å²) in [5.41, 5.74) is 0. The zero-order valence-corrected chi connectivity index (χ0v) is 25.8. The van der Waals surface area contributed by atoms with Gasteiger partial charge in [0, 0.05) is 12.8 Å². The molecular weight excluding hydrogens is 540 g/mol. The lowest BCUT2D eigenvalue weighted by Gasteiger charge is -2.12. The van der Waals surface area contributed by atoms with E-state index in [9.17, 15) is 32.1 Å². The van der Waals surface area contributed by atoms with Gasteiger partial charge in [0.2, 0.25) is 0 Å². The van der Waals surface area contributed by atoms with Crippen LogP contribution in [0.25, 0.3) is 0 Å². The molecule has 0 aromatic carbocycles. The molecule has 40 heavy (non-hydrogen) atoms. The second-order valence-corrected chi connectivity index (χ2v) is 11.6. The van der Waals surface area contributed by atoms with Crippen LogP contribution in [0.4, 0.5) is 0 Å². The van der Waals surface area contributed by atoms with E-state index in [2.05, 4.69) is 23.3 Å². The molecule has 12 heteroatoms. The number of carbonyl (C=O) groups excluding carboxylic acids is 4. The van der Waals surface area contributed by atoms with Crippen molar-refractivity contribution >= 4 is 34.0 Å². The smallest absolute Gasteiger partial charge is 0.335 e. The summed E-state index contributed by atoms with van der Waals surface area (Å²) in [5, 5.41) is -2.33. The van der Waals surface area contributed by atoms with Crippen LogP contribution in [0.15, 0.2) is 0 Å². The monoisotopic (exact) mass is 596 g/mol. The summed E-state index contributed by atoms with van der Waals surface area (Å²) in [6, 6.07) is 0. The Kier molecular flexibility index (Phi) is 29.0. The molecule has 0 rings (SSSR count). The third-order valence-corrected chi connectivity index (χ3v) is 7.46. The highest BCUT2D eigenvalue weighted by Crippen LogP contribution is 2.14. The van der Waals surface area contributed by atoms with Gasteiger partial charge in [0.05, 0.1) is 6.42 Å². The zero-order valence-electron chi connectivity index (χ0n) is 25.0. The van der Waals surface area contributed by atoms with Gasteiger partial charge in [-0.05, 0) is 12.8 Å². The second-order valence-electron chi connectivity index (χ2n) is 10.0. The molecule has 0 radical (unpaired) electrons. The molecule has 0 amide bonds. The molecular formula is C28H56N2O9S. The fraction of sp³-hybridized carbons (Fsp3) is 0.857. The Morgan fingerprint density at radius 3 is 1.23 bits per heavy atom. The molecule has 238 valence electrons. The van der Waals surface area contributed by atoms with Crippen LogP contribution in [0.1, 0.15) is 149 Å². The molecule has 0 aliphatic heterocycles. The van der Waals surface area contributed by atoms with Gasteiger partial charge in [-0.15, -0.1) is 0 Å². The van der Waals surface area contributed by atoms with E-state index in [1.54, 1.807) is 0 Å². The normalized spacial score (nSPS) is 11.6. The van der Waals surface area contributed by atoms with Crippen molar-refractivity contribution in [1.29, 1.82) is 0 Å². The highest BCUT2D eigenvalue weighted by Gasteiger charge is 2.37. The van der Waals surface area contributed by atoms with Crippen molar-refractivity contribution in [3.63, 3.8) is 0 Å². The highest BCUT2D eigenvalue weighted by molar-refractivity contribution is 7.87. The van der Waals surface area contributed by atoms with Gasteiger partial charge in [0.15, 0.2) is 5.25 Å². The SMILES string of the molecule is CCCCCCCCCCCC(=O)OC(=O)CC(C(=O)OC(=O)CCCCCCCCCCC)S(=O)(=O)O.N.N. The molecule has 0 aliphatic carbocycles. The minimum atomic E-state index is -5.06. The summed E-state index contributed by atoms with van der Waals surface area (Å²) in [4.78, 5) is 48.0. The fourth-order valence-corrected chi connectivity index (χ4v) is 4.71. The van der Waals surface area contributed by atoms with Crippen LogP contribution in [0.5, 0.6) is 0 Å². The van der Waals surface area contributed by atoms with Crippen molar-refractivity contribution in [3.05, 3.63) is 0 Å². The van der Waals surface area contributed by atoms with Crippen LogP contribution in [-0.2, 0) is 38.8 Å². The molecule has 0 bridgehead atoms. The van der Waals surface area contributed by atoms with E-state index < -0.39 is 45.7 Å². The van der Waals surface area contributed by atoms with E-state index in [-0.39, 0.29) is 25.1 Å².